The molecule has 3 rings (SSSR count). The summed E-state index contributed by atoms with van der Waals surface area (Å²) in [6.45, 7) is 7.14. The number of anilines is 1. The second kappa shape index (κ2) is 7.29. The molecule has 0 aliphatic heterocycles. The van der Waals surface area contributed by atoms with Gasteiger partial charge in [-0.1, -0.05) is 19.3 Å². The molecule has 2 aromatic rings. The third-order valence-electron chi connectivity index (χ3n) is 5.15. The molecule has 0 atom stereocenters. The average molecular weight is 344 g/mol. The highest BCUT2D eigenvalue weighted by atomic mass is 16.2. The SMILES string of the molecule is Cc1nc(N)c2nc(C)n(CCNC(=O)NC3CCCCC3)c2c1C. The standard InChI is InChI=1S/C18H28N6O/c1-11-12(2)21-17(19)15-16(11)24(13(3)22-15)10-9-20-18(25)23-14-7-5-4-6-8-14/h14H,4-10H2,1-3H3,(H2,19,21)(H2,20,23,25). The van der Waals surface area contributed by atoms with Crippen LogP contribution in [-0.2, 0) is 6.54 Å². The molecule has 7 nitrogen and oxygen atoms in total. The van der Waals surface area contributed by atoms with Crippen LogP contribution in [0.3, 0.4) is 0 Å². The van der Waals surface area contributed by atoms with E-state index in [1.54, 1.807) is 0 Å². The number of carbonyl (C=O) groups excluding carboxylic acids is 1. The zero-order chi connectivity index (χ0) is 18.0. The predicted octanol–water partition coefficient (Wildman–Crippen LogP) is 2.57. The number of nitrogens with two attached hydrogens (primary N) is 1. The molecule has 0 bridgehead atoms. The predicted molar refractivity (Wildman–Crippen MR) is 99.6 cm³/mol. The maximum Gasteiger partial charge on any atom is 0.315 e. The smallest absolute Gasteiger partial charge is 0.315 e. The second-order valence-corrected chi connectivity index (χ2v) is 6.95. The van der Waals surface area contributed by atoms with Crippen molar-refractivity contribution in [1.82, 2.24) is 25.2 Å². The summed E-state index contributed by atoms with van der Waals surface area (Å²) < 4.78 is 2.11. The van der Waals surface area contributed by atoms with Crippen LogP contribution < -0.4 is 16.4 Å². The molecule has 7 heteroatoms. The fourth-order valence-corrected chi connectivity index (χ4v) is 3.65. The molecule has 2 amide bonds. The zero-order valence-electron chi connectivity index (χ0n) is 15.4. The molecule has 0 saturated heterocycles. The van der Waals surface area contributed by atoms with Crippen LogP contribution in [0.25, 0.3) is 11.0 Å². The number of amides is 2. The van der Waals surface area contributed by atoms with Gasteiger partial charge < -0.3 is 20.9 Å². The average Bonchev–Trinajstić information content (AvgIpc) is 2.91. The van der Waals surface area contributed by atoms with Crippen molar-refractivity contribution in [3.05, 3.63) is 17.1 Å². The van der Waals surface area contributed by atoms with Crippen LogP contribution in [0.4, 0.5) is 10.6 Å². The summed E-state index contributed by atoms with van der Waals surface area (Å²) >= 11 is 0. The Bertz CT molecular complexity index is 776. The number of hydrogen-bond acceptors (Lipinski definition) is 4. The van der Waals surface area contributed by atoms with Gasteiger partial charge in [0, 0.05) is 24.8 Å². The van der Waals surface area contributed by atoms with Gasteiger partial charge in [-0.3, -0.25) is 0 Å². The normalized spacial score (nSPS) is 15.5. The van der Waals surface area contributed by atoms with E-state index in [9.17, 15) is 4.79 Å². The quantitative estimate of drug-likeness (QED) is 0.794. The van der Waals surface area contributed by atoms with Crippen molar-refractivity contribution in [2.24, 2.45) is 0 Å². The molecule has 1 fully saturated rings. The molecular formula is C18H28N6O. The summed E-state index contributed by atoms with van der Waals surface area (Å²) in [5.41, 5.74) is 9.77. The molecule has 1 saturated carbocycles. The van der Waals surface area contributed by atoms with Crippen molar-refractivity contribution in [3.8, 4) is 0 Å². The number of pyridine rings is 1. The summed E-state index contributed by atoms with van der Waals surface area (Å²) in [7, 11) is 0. The highest BCUT2D eigenvalue weighted by Gasteiger charge is 2.17. The van der Waals surface area contributed by atoms with Crippen molar-refractivity contribution < 1.29 is 4.79 Å². The van der Waals surface area contributed by atoms with Gasteiger partial charge in [-0.15, -0.1) is 0 Å². The number of nitrogen functional groups attached to an aromatic ring is 1. The Balaban J connectivity index is 1.65. The summed E-state index contributed by atoms with van der Waals surface area (Å²) in [4.78, 5) is 21.0. The fraction of sp³-hybridized carbons (Fsp3) is 0.611. The van der Waals surface area contributed by atoms with E-state index >= 15 is 0 Å². The molecule has 0 unspecified atom stereocenters. The van der Waals surface area contributed by atoms with Gasteiger partial charge in [0.2, 0.25) is 0 Å². The van der Waals surface area contributed by atoms with Crippen LogP contribution in [0, 0.1) is 20.8 Å². The van der Waals surface area contributed by atoms with Gasteiger partial charge in [0.05, 0.1) is 5.52 Å². The Morgan fingerprint density at radius 3 is 2.64 bits per heavy atom. The molecule has 0 aromatic carbocycles. The van der Waals surface area contributed by atoms with Gasteiger partial charge in [0.15, 0.2) is 5.82 Å². The first kappa shape index (κ1) is 17.5. The first-order chi connectivity index (χ1) is 12.0. The molecule has 25 heavy (non-hydrogen) atoms. The molecule has 1 aliphatic carbocycles. The number of hydrogen-bond donors (Lipinski definition) is 3. The number of carbonyl (C=O) groups is 1. The van der Waals surface area contributed by atoms with E-state index in [1.807, 2.05) is 20.8 Å². The summed E-state index contributed by atoms with van der Waals surface area (Å²) in [5.74, 6) is 1.34. The molecule has 0 radical (unpaired) electrons. The van der Waals surface area contributed by atoms with Crippen LogP contribution in [0.5, 0.6) is 0 Å². The Kier molecular flexibility index (Phi) is 5.11. The lowest BCUT2D eigenvalue weighted by Gasteiger charge is -2.23. The number of imidazole rings is 1. The van der Waals surface area contributed by atoms with Gasteiger partial charge in [0.25, 0.3) is 0 Å². The summed E-state index contributed by atoms with van der Waals surface area (Å²) in [6.07, 6.45) is 5.87. The zero-order valence-corrected chi connectivity index (χ0v) is 15.4. The van der Waals surface area contributed by atoms with E-state index in [0.29, 0.717) is 24.9 Å². The third kappa shape index (κ3) is 3.70. The Morgan fingerprint density at radius 1 is 1.20 bits per heavy atom. The van der Waals surface area contributed by atoms with Crippen molar-refractivity contribution >= 4 is 22.9 Å². The Hall–Kier alpha value is -2.31. The molecular weight excluding hydrogens is 316 g/mol. The van der Waals surface area contributed by atoms with E-state index in [0.717, 1.165) is 41.0 Å². The monoisotopic (exact) mass is 344 g/mol. The number of aryl methyl sites for hydroxylation is 3. The lowest BCUT2D eigenvalue weighted by atomic mass is 9.96. The van der Waals surface area contributed by atoms with E-state index in [1.165, 1.54) is 19.3 Å². The van der Waals surface area contributed by atoms with Crippen LogP contribution in [0.2, 0.25) is 0 Å². The van der Waals surface area contributed by atoms with Gasteiger partial charge in [-0.25, -0.2) is 14.8 Å². The maximum absolute atomic E-state index is 12.1. The van der Waals surface area contributed by atoms with E-state index < -0.39 is 0 Å². The van der Waals surface area contributed by atoms with Crippen LogP contribution >= 0.6 is 0 Å². The van der Waals surface area contributed by atoms with Gasteiger partial charge in [-0.05, 0) is 39.2 Å². The lowest BCUT2D eigenvalue weighted by Crippen LogP contribution is -2.43. The number of fused-ring (bicyclic) bond motifs is 1. The lowest BCUT2D eigenvalue weighted by molar-refractivity contribution is 0.232. The number of rotatable bonds is 4. The minimum Gasteiger partial charge on any atom is -0.382 e. The second-order valence-electron chi connectivity index (χ2n) is 6.95. The van der Waals surface area contributed by atoms with E-state index in [2.05, 4.69) is 25.2 Å². The molecule has 4 N–H and O–H groups in total. The van der Waals surface area contributed by atoms with Crippen LogP contribution in [-0.4, -0.2) is 33.2 Å². The van der Waals surface area contributed by atoms with E-state index in [-0.39, 0.29) is 6.03 Å². The Morgan fingerprint density at radius 2 is 1.92 bits per heavy atom. The highest BCUT2D eigenvalue weighted by molar-refractivity contribution is 5.88. The number of urea groups is 1. The van der Waals surface area contributed by atoms with Gasteiger partial charge >= 0.3 is 6.03 Å². The summed E-state index contributed by atoms with van der Waals surface area (Å²) in [5, 5.41) is 6.04. The summed E-state index contributed by atoms with van der Waals surface area (Å²) in [6, 6.07) is 0.239. The Labute approximate surface area is 148 Å². The third-order valence-corrected chi connectivity index (χ3v) is 5.15. The number of nitrogens with one attached hydrogen (secondary N) is 2. The van der Waals surface area contributed by atoms with Crippen molar-refractivity contribution in [3.63, 3.8) is 0 Å². The minimum absolute atomic E-state index is 0.0805. The van der Waals surface area contributed by atoms with Crippen LogP contribution in [0.1, 0.15) is 49.2 Å². The molecule has 2 heterocycles. The van der Waals surface area contributed by atoms with Crippen molar-refractivity contribution in [2.75, 3.05) is 12.3 Å². The first-order valence-electron chi connectivity index (χ1n) is 9.11. The molecule has 1 aliphatic rings. The van der Waals surface area contributed by atoms with Crippen molar-refractivity contribution in [1.29, 1.82) is 0 Å². The molecule has 0 spiro atoms. The number of aromatic nitrogens is 3. The number of nitrogens with zero attached hydrogens (tertiary/aromatic N) is 3. The largest absolute Gasteiger partial charge is 0.382 e. The molecule has 136 valence electrons. The first-order valence-corrected chi connectivity index (χ1v) is 9.11. The van der Waals surface area contributed by atoms with Gasteiger partial charge in [-0.2, -0.15) is 0 Å². The van der Waals surface area contributed by atoms with Crippen LogP contribution in [0.15, 0.2) is 0 Å². The van der Waals surface area contributed by atoms with E-state index in [4.69, 9.17) is 5.73 Å². The van der Waals surface area contributed by atoms with Gasteiger partial charge in [0.1, 0.15) is 11.3 Å². The highest BCUT2D eigenvalue weighted by Crippen LogP contribution is 2.25. The van der Waals surface area contributed by atoms with Crippen molar-refractivity contribution in [2.45, 2.75) is 65.5 Å². The fourth-order valence-electron chi connectivity index (χ4n) is 3.65. The minimum atomic E-state index is -0.0805. The maximum atomic E-state index is 12.1. The molecule has 2 aromatic heterocycles. The topological polar surface area (TPSA) is 97.9 Å².